The number of sulfonamides is 1. The highest BCUT2D eigenvalue weighted by atomic mass is 32.2. The Morgan fingerprint density at radius 1 is 1.00 bits per heavy atom. The van der Waals surface area contributed by atoms with Crippen molar-refractivity contribution in [3.05, 3.63) is 83.7 Å². The number of carbonyl (C=O) groups is 2. The highest BCUT2D eigenvalue weighted by molar-refractivity contribution is 7.89. The van der Waals surface area contributed by atoms with Gasteiger partial charge in [-0.25, -0.2) is 17.7 Å². The van der Waals surface area contributed by atoms with Crippen molar-refractivity contribution in [2.45, 2.75) is 23.8 Å². The Labute approximate surface area is 219 Å². The van der Waals surface area contributed by atoms with Crippen molar-refractivity contribution in [2.24, 2.45) is 0 Å². The fraction of sp³-hybridized carbons (Fsp3) is 0.222. The normalized spacial score (nSPS) is 15.6. The third-order valence-corrected chi connectivity index (χ3v) is 8.14. The van der Waals surface area contributed by atoms with E-state index in [0.29, 0.717) is 22.6 Å². The predicted molar refractivity (Wildman–Crippen MR) is 136 cm³/mol. The van der Waals surface area contributed by atoms with Crippen molar-refractivity contribution in [2.75, 3.05) is 25.7 Å². The highest BCUT2D eigenvalue weighted by Crippen LogP contribution is 2.31. The summed E-state index contributed by atoms with van der Waals surface area (Å²) in [5, 5.41) is 9.03. The third kappa shape index (κ3) is 5.22. The molecule has 1 unspecified atom stereocenters. The molecule has 0 radical (unpaired) electrons. The number of nitrogens with zero attached hydrogens (tertiary/aromatic N) is 3. The maximum absolute atomic E-state index is 13.7. The molecular formula is C27H24FN3O6S. The molecule has 3 aromatic carbocycles. The van der Waals surface area contributed by atoms with Crippen LogP contribution in [0.1, 0.15) is 17.5 Å². The van der Waals surface area contributed by atoms with Gasteiger partial charge >= 0.3 is 0 Å². The van der Waals surface area contributed by atoms with Crippen molar-refractivity contribution >= 4 is 27.5 Å². The molecular weight excluding hydrogens is 513 g/mol. The smallest absolute Gasteiger partial charge is 0.252 e. The second kappa shape index (κ2) is 11.0. The monoisotopic (exact) mass is 537 g/mol. The molecule has 2 amide bonds. The molecule has 1 aliphatic rings. The van der Waals surface area contributed by atoms with Crippen molar-refractivity contribution in [1.82, 2.24) is 4.31 Å². The first-order chi connectivity index (χ1) is 18.2. The molecule has 4 rings (SSSR count). The summed E-state index contributed by atoms with van der Waals surface area (Å²) in [6.45, 7) is -0.139. The van der Waals surface area contributed by atoms with E-state index < -0.39 is 33.7 Å². The number of ether oxygens (including phenoxy) is 2. The number of benzene rings is 3. The number of methoxy groups -OCH3 is 2. The minimum atomic E-state index is -4.30. The molecule has 1 aliphatic heterocycles. The fourth-order valence-electron chi connectivity index (χ4n) is 4.26. The summed E-state index contributed by atoms with van der Waals surface area (Å²) in [5.74, 6) is -0.938. The van der Waals surface area contributed by atoms with Gasteiger partial charge in [0.15, 0.2) is 11.5 Å². The summed E-state index contributed by atoms with van der Waals surface area (Å²) >= 11 is 0. The summed E-state index contributed by atoms with van der Waals surface area (Å²) in [5.41, 5.74) is 1.29. The number of imide groups is 1. The summed E-state index contributed by atoms with van der Waals surface area (Å²) in [4.78, 5) is 27.1. The zero-order valence-electron chi connectivity index (χ0n) is 20.6. The van der Waals surface area contributed by atoms with Crippen molar-refractivity contribution in [3.63, 3.8) is 0 Å². The van der Waals surface area contributed by atoms with E-state index in [1.807, 2.05) is 6.07 Å². The van der Waals surface area contributed by atoms with Crippen LogP contribution in [0, 0.1) is 17.1 Å². The minimum absolute atomic E-state index is 0.139. The van der Waals surface area contributed by atoms with E-state index in [9.17, 15) is 22.4 Å². The standard InChI is InChI=1S/C27H24FN3O6S/c1-36-24-12-5-18(15-25(24)37-2)13-14-30(38(34,35)22-10-6-20(28)7-11-22)23-16-26(32)31(27(23)33)21-8-3-19(17-29)4-9-21/h3-12,15,23H,13-14,16H2,1-2H3. The topological polar surface area (TPSA) is 117 Å². The summed E-state index contributed by atoms with van der Waals surface area (Å²) in [6, 6.07) is 15.9. The zero-order chi connectivity index (χ0) is 27.4. The minimum Gasteiger partial charge on any atom is -0.493 e. The predicted octanol–water partition coefficient (Wildman–Crippen LogP) is 3.28. The number of hydrogen-bond donors (Lipinski definition) is 0. The van der Waals surface area contributed by atoms with Crippen LogP contribution in [0.5, 0.6) is 11.5 Å². The molecule has 3 aromatic rings. The molecule has 0 spiro atoms. The van der Waals surface area contributed by atoms with Gasteiger partial charge in [-0.15, -0.1) is 0 Å². The number of rotatable bonds is 9. The number of halogens is 1. The molecule has 1 atom stereocenters. The first-order valence-electron chi connectivity index (χ1n) is 11.5. The van der Waals surface area contributed by atoms with Gasteiger partial charge in [0.25, 0.3) is 5.91 Å². The molecule has 38 heavy (non-hydrogen) atoms. The summed E-state index contributed by atoms with van der Waals surface area (Å²) < 4.78 is 52.5. The van der Waals surface area contributed by atoms with Crippen LogP contribution < -0.4 is 14.4 Å². The van der Waals surface area contributed by atoms with Crippen molar-refractivity contribution < 1.29 is 31.9 Å². The number of anilines is 1. The van der Waals surface area contributed by atoms with Gasteiger partial charge in [0.2, 0.25) is 15.9 Å². The van der Waals surface area contributed by atoms with Crippen LogP contribution in [0.2, 0.25) is 0 Å². The quantitative estimate of drug-likeness (QED) is 0.385. The molecule has 0 aromatic heterocycles. The van der Waals surface area contributed by atoms with Gasteiger partial charge in [0, 0.05) is 6.54 Å². The van der Waals surface area contributed by atoms with E-state index in [0.717, 1.165) is 33.5 Å². The Bertz CT molecular complexity index is 1500. The number of amides is 2. The van der Waals surface area contributed by atoms with Crippen LogP contribution in [-0.4, -0.2) is 51.3 Å². The maximum Gasteiger partial charge on any atom is 0.252 e. The molecule has 0 N–H and O–H groups in total. The van der Waals surface area contributed by atoms with E-state index in [2.05, 4.69) is 0 Å². The van der Waals surface area contributed by atoms with Gasteiger partial charge in [-0.2, -0.15) is 9.57 Å². The third-order valence-electron chi connectivity index (χ3n) is 6.21. The highest BCUT2D eigenvalue weighted by Gasteiger charge is 2.46. The van der Waals surface area contributed by atoms with Crippen molar-refractivity contribution in [3.8, 4) is 17.6 Å². The van der Waals surface area contributed by atoms with E-state index >= 15 is 0 Å². The van der Waals surface area contributed by atoms with E-state index in [4.69, 9.17) is 14.7 Å². The number of hydrogen-bond acceptors (Lipinski definition) is 7. The van der Waals surface area contributed by atoms with Gasteiger partial charge in [0.05, 0.1) is 42.9 Å². The second-order valence-electron chi connectivity index (χ2n) is 8.45. The van der Waals surface area contributed by atoms with Crippen LogP contribution in [0.15, 0.2) is 71.6 Å². The van der Waals surface area contributed by atoms with E-state index in [1.54, 1.807) is 18.2 Å². The van der Waals surface area contributed by atoms with Gasteiger partial charge in [-0.05, 0) is 72.6 Å². The molecule has 1 heterocycles. The average Bonchev–Trinajstić information content (AvgIpc) is 3.21. The molecule has 0 aliphatic carbocycles. The second-order valence-corrected chi connectivity index (χ2v) is 10.3. The maximum atomic E-state index is 13.7. The largest absolute Gasteiger partial charge is 0.493 e. The van der Waals surface area contributed by atoms with Crippen LogP contribution in [0.4, 0.5) is 10.1 Å². The van der Waals surface area contributed by atoms with E-state index in [1.165, 1.54) is 38.5 Å². The van der Waals surface area contributed by atoms with Crippen LogP contribution in [0.3, 0.4) is 0 Å². The lowest BCUT2D eigenvalue weighted by molar-refractivity contribution is -0.122. The molecule has 1 fully saturated rings. The molecule has 1 saturated heterocycles. The Morgan fingerprint density at radius 3 is 2.26 bits per heavy atom. The summed E-state index contributed by atoms with van der Waals surface area (Å²) in [6.07, 6.45) is -0.180. The Kier molecular flexibility index (Phi) is 7.75. The number of carbonyl (C=O) groups excluding carboxylic acids is 2. The van der Waals surface area contributed by atoms with Crippen LogP contribution in [-0.2, 0) is 26.0 Å². The first-order valence-corrected chi connectivity index (χ1v) is 13.0. The Morgan fingerprint density at radius 2 is 1.66 bits per heavy atom. The first kappa shape index (κ1) is 26.8. The molecule has 0 saturated carbocycles. The SMILES string of the molecule is COc1ccc(CCN(C2CC(=O)N(c3ccc(C#N)cc3)C2=O)S(=O)(=O)c2ccc(F)cc2)cc1OC. The van der Waals surface area contributed by atoms with Crippen LogP contribution in [0.25, 0.3) is 0 Å². The molecule has 9 nitrogen and oxygen atoms in total. The molecule has 11 heteroatoms. The zero-order valence-corrected chi connectivity index (χ0v) is 21.4. The van der Waals surface area contributed by atoms with Crippen LogP contribution >= 0.6 is 0 Å². The molecule has 0 bridgehead atoms. The molecule has 196 valence electrons. The lowest BCUT2D eigenvalue weighted by Gasteiger charge is -2.27. The van der Waals surface area contributed by atoms with Gasteiger partial charge in [-0.1, -0.05) is 6.07 Å². The number of nitriles is 1. The van der Waals surface area contributed by atoms with Gasteiger partial charge in [-0.3, -0.25) is 9.59 Å². The van der Waals surface area contributed by atoms with Crippen molar-refractivity contribution in [1.29, 1.82) is 5.26 Å². The summed E-state index contributed by atoms with van der Waals surface area (Å²) in [7, 11) is -1.33. The average molecular weight is 538 g/mol. The van der Waals surface area contributed by atoms with E-state index in [-0.39, 0.29) is 30.0 Å². The Balaban J connectivity index is 1.69. The fourth-order valence-corrected chi connectivity index (χ4v) is 5.84. The van der Waals surface area contributed by atoms with Gasteiger partial charge in [0.1, 0.15) is 11.9 Å². The van der Waals surface area contributed by atoms with Gasteiger partial charge < -0.3 is 9.47 Å². The lowest BCUT2D eigenvalue weighted by Crippen LogP contribution is -2.46. The lowest BCUT2D eigenvalue weighted by atomic mass is 10.1. The Hall–Kier alpha value is -4.27.